The third-order valence-corrected chi connectivity index (χ3v) is 7.63. The predicted molar refractivity (Wildman–Crippen MR) is 66.7 cm³/mol. The molecule has 84 valence electrons. The molecule has 0 N–H and O–H groups in total. The van der Waals surface area contributed by atoms with Gasteiger partial charge < -0.3 is 8.85 Å². The van der Waals surface area contributed by atoms with Crippen LogP contribution in [0.3, 0.4) is 0 Å². The van der Waals surface area contributed by atoms with Crippen LogP contribution in [0.1, 0.15) is 26.2 Å². The van der Waals surface area contributed by atoms with Gasteiger partial charge in [-0.1, -0.05) is 6.92 Å². The van der Waals surface area contributed by atoms with Crippen LogP contribution in [0.5, 0.6) is 0 Å². The van der Waals surface area contributed by atoms with Crippen LogP contribution >= 0.6 is 11.6 Å². The molecule has 1 aliphatic heterocycles. The van der Waals surface area contributed by atoms with Crippen LogP contribution in [-0.4, -0.2) is 37.1 Å². The zero-order valence-corrected chi connectivity index (χ0v) is 13.2. The van der Waals surface area contributed by atoms with Gasteiger partial charge in [0.15, 0.2) is 9.04 Å². The lowest BCUT2D eigenvalue weighted by Crippen LogP contribution is -2.14. The Morgan fingerprint density at radius 3 is 2.79 bits per heavy atom. The van der Waals surface area contributed by atoms with Crippen molar-refractivity contribution >= 4 is 31.1 Å². The summed E-state index contributed by atoms with van der Waals surface area (Å²) < 4.78 is 10.9. The standard InChI is InChI=1S/C9H21ClO2Si2/c1-3-8-9(11-8)6-7(10)4-5-14(2)12-13/h7-9,14H,3-6H2,1-2,13H3. The third-order valence-electron chi connectivity index (χ3n) is 2.87. The van der Waals surface area contributed by atoms with Gasteiger partial charge in [-0.15, -0.1) is 11.6 Å². The maximum absolute atomic E-state index is 6.24. The van der Waals surface area contributed by atoms with Gasteiger partial charge in [0.2, 0.25) is 0 Å². The number of epoxide rings is 1. The molecular weight excluding hydrogens is 232 g/mol. The highest BCUT2D eigenvalue weighted by Gasteiger charge is 2.37. The second-order valence-corrected chi connectivity index (χ2v) is 8.78. The quantitative estimate of drug-likeness (QED) is 0.386. The maximum Gasteiger partial charge on any atom is 0.159 e. The van der Waals surface area contributed by atoms with Crippen molar-refractivity contribution in [1.82, 2.24) is 0 Å². The molecule has 4 unspecified atom stereocenters. The van der Waals surface area contributed by atoms with Crippen LogP contribution in [0.4, 0.5) is 0 Å². The van der Waals surface area contributed by atoms with E-state index in [1.807, 2.05) is 0 Å². The van der Waals surface area contributed by atoms with E-state index in [0.29, 0.717) is 17.6 Å². The first-order valence-corrected chi connectivity index (χ1v) is 9.19. The predicted octanol–water partition coefficient (Wildman–Crippen LogP) is 1.20. The summed E-state index contributed by atoms with van der Waals surface area (Å²) in [4.78, 5) is 0. The lowest BCUT2D eigenvalue weighted by Gasteiger charge is -2.11. The summed E-state index contributed by atoms with van der Waals surface area (Å²) in [5, 5.41) is 0.295. The Labute approximate surface area is 96.6 Å². The highest BCUT2D eigenvalue weighted by molar-refractivity contribution is 6.54. The van der Waals surface area contributed by atoms with Crippen molar-refractivity contribution in [3.05, 3.63) is 0 Å². The molecule has 0 aromatic rings. The van der Waals surface area contributed by atoms with Gasteiger partial charge in [0.1, 0.15) is 10.5 Å². The number of halogens is 1. The first-order valence-electron chi connectivity index (χ1n) is 5.49. The molecule has 0 aromatic carbocycles. The van der Waals surface area contributed by atoms with E-state index in [1.165, 1.54) is 6.04 Å². The normalized spacial score (nSPS) is 30.2. The first kappa shape index (κ1) is 12.7. The van der Waals surface area contributed by atoms with Crippen LogP contribution in [0.25, 0.3) is 0 Å². The fourth-order valence-corrected chi connectivity index (χ4v) is 3.98. The van der Waals surface area contributed by atoms with E-state index < -0.39 is 9.04 Å². The lowest BCUT2D eigenvalue weighted by atomic mass is 10.1. The molecule has 2 nitrogen and oxygen atoms in total. The number of ether oxygens (including phenoxy) is 1. The van der Waals surface area contributed by atoms with Crippen molar-refractivity contribution in [2.24, 2.45) is 0 Å². The van der Waals surface area contributed by atoms with Gasteiger partial charge >= 0.3 is 0 Å². The molecule has 0 bridgehead atoms. The maximum atomic E-state index is 6.24. The van der Waals surface area contributed by atoms with E-state index in [9.17, 15) is 0 Å². The topological polar surface area (TPSA) is 21.8 Å². The zero-order valence-electron chi connectivity index (χ0n) is 9.33. The molecule has 0 radical (unpaired) electrons. The van der Waals surface area contributed by atoms with Gasteiger partial charge in [-0.05, 0) is 31.9 Å². The Morgan fingerprint density at radius 2 is 2.29 bits per heavy atom. The second-order valence-electron chi connectivity index (χ2n) is 4.08. The summed E-state index contributed by atoms with van der Waals surface area (Å²) >= 11 is 6.24. The van der Waals surface area contributed by atoms with E-state index in [0.717, 1.165) is 29.7 Å². The van der Waals surface area contributed by atoms with Gasteiger partial charge in [0.05, 0.1) is 12.2 Å². The summed E-state index contributed by atoms with van der Waals surface area (Å²) in [5.41, 5.74) is 0. The van der Waals surface area contributed by atoms with E-state index in [2.05, 4.69) is 13.5 Å². The van der Waals surface area contributed by atoms with Crippen LogP contribution in [-0.2, 0) is 8.85 Å². The molecule has 0 spiro atoms. The fourth-order valence-electron chi connectivity index (χ4n) is 1.65. The van der Waals surface area contributed by atoms with Gasteiger partial charge in [0, 0.05) is 5.38 Å². The highest BCUT2D eigenvalue weighted by atomic mass is 35.5. The monoisotopic (exact) mass is 252 g/mol. The summed E-state index contributed by atoms with van der Waals surface area (Å²) in [6, 6.07) is 1.21. The van der Waals surface area contributed by atoms with Crippen LogP contribution < -0.4 is 0 Å². The SMILES string of the molecule is CCC1OC1CC(Cl)CC[SiH](C)O[SiH3]. The molecule has 1 saturated heterocycles. The van der Waals surface area contributed by atoms with Gasteiger partial charge in [-0.3, -0.25) is 0 Å². The van der Waals surface area contributed by atoms with Gasteiger partial charge in [-0.25, -0.2) is 0 Å². The molecular formula is C9H21ClO2Si2. The van der Waals surface area contributed by atoms with E-state index >= 15 is 0 Å². The number of alkyl halides is 1. The summed E-state index contributed by atoms with van der Waals surface area (Å²) in [5.74, 6) is 0. The molecule has 0 aliphatic carbocycles. The summed E-state index contributed by atoms with van der Waals surface area (Å²) in [7, 11) is 0.0355. The Kier molecular flexibility index (Phi) is 5.70. The molecule has 1 heterocycles. The van der Waals surface area contributed by atoms with Crippen molar-refractivity contribution in [2.45, 2.75) is 56.4 Å². The van der Waals surface area contributed by atoms with Crippen molar-refractivity contribution in [3.63, 3.8) is 0 Å². The summed E-state index contributed by atoms with van der Waals surface area (Å²) in [6.45, 7) is 4.41. The average Bonchev–Trinajstić information content (AvgIpc) is 2.92. The van der Waals surface area contributed by atoms with Crippen LogP contribution in [0, 0.1) is 0 Å². The molecule has 4 atom stereocenters. The van der Waals surface area contributed by atoms with Crippen LogP contribution in [0.15, 0.2) is 0 Å². The minimum Gasteiger partial charge on any atom is -0.466 e. The summed E-state index contributed by atoms with van der Waals surface area (Å²) in [6.07, 6.45) is 4.22. The molecule has 1 rings (SSSR count). The fraction of sp³-hybridized carbons (Fsp3) is 1.00. The third kappa shape index (κ3) is 4.44. The Hall–Kier alpha value is 0.644. The largest absolute Gasteiger partial charge is 0.466 e. The smallest absolute Gasteiger partial charge is 0.159 e. The molecule has 5 heteroatoms. The molecule has 1 fully saturated rings. The Balaban J connectivity index is 2.02. The minimum atomic E-state index is -0.849. The van der Waals surface area contributed by atoms with E-state index in [4.69, 9.17) is 20.5 Å². The van der Waals surface area contributed by atoms with Crippen molar-refractivity contribution in [3.8, 4) is 0 Å². The van der Waals surface area contributed by atoms with E-state index in [1.54, 1.807) is 0 Å². The Bertz CT molecular complexity index is 171. The van der Waals surface area contributed by atoms with Crippen molar-refractivity contribution in [2.75, 3.05) is 0 Å². The van der Waals surface area contributed by atoms with Crippen LogP contribution in [0.2, 0.25) is 12.6 Å². The number of hydrogen-bond donors (Lipinski definition) is 0. The highest BCUT2D eigenvalue weighted by Crippen LogP contribution is 2.31. The molecule has 0 amide bonds. The minimum absolute atomic E-state index is 0.295. The number of rotatable bonds is 7. The molecule has 1 aliphatic rings. The first-order chi connectivity index (χ1) is 6.67. The van der Waals surface area contributed by atoms with Gasteiger partial charge in [-0.2, -0.15) is 0 Å². The van der Waals surface area contributed by atoms with Gasteiger partial charge in [0.25, 0.3) is 0 Å². The molecule has 0 saturated carbocycles. The Morgan fingerprint density at radius 1 is 1.57 bits per heavy atom. The number of hydrogen-bond acceptors (Lipinski definition) is 2. The average molecular weight is 253 g/mol. The molecule has 14 heavy (non-hydrogen) atoms. The second kappa shape index (κ2) is 6.28. The lowest BCUT2D eigenvalue weighted by molar-refractivity contribution is 0.357. The molecule has 0 aromatic heterocycles. The van der Waals surface area contributed by atoms with E-state index in [-0.39, 0.29) is 0 Å². The van der Waals surface area contributed by atoms with Crippen molar-refractivity contribution < 1.29 is 8.85 Å². The zero-order chi connectivity index (χ0) is 10.6. The van der Waals surface area contributed by atoms with Crippen molar-refractivity contribution in [1.29, 1.82) is 0 Å².